The van der Waals surface area contributed by atoms with Gasteiger partial charge in [0.15, 0.2) is 0 Å². The van der Waals surface area contributed by atoms with E-state index in [9.17, 15) is 13.6 Å². The van der Waals surface area contributed by atoms with Crippen molar-refractivity contribution >= 4 is 28.5 Å². The van der Waals surface area contributed by atoms with Crippen molar-refractivity contribution in [2.75, 3.05) is 0 Å². The predicted molar refractivity (Wildman–Crippen MR) is 105 cm³/mol. The molecule has 3 N–H and O–H groups in total. The van der Waals surface area contributed by atoms with Gasteiger partial charge in [0.1, 0.15) is 23.2 Å². The second kappa shape index (κ2) is 7.48. The van der Waals surface area contributed by atoms with Gasteiger partial charge < -0.3 is 15.6 Å². The molecule has 1 atom stereocenters. The van der Waals surface area contributed by atoms with Crippen LogP contribution >= 0.6 is 11.6 Å². The van der Waals surface area contributed by atoms with Crippen molar-refractivity contribution in [1.29, 1.82) is 0 Å². The molecule has 0 saturated heterocycles. The van der Waals surface area contributed by atoms with Crippen LogP contribution in [0.25, 0.3) is 11.0 Å². The standard InChI is InChI=1S/C20H21ClF2N4O/c1-11(12-4-5-13(15(23)8-12)20(2,3)24)26-17(28)9-27-10-25-16-7-6-14(22)18(21)19(16)27/h4-8,10-11H,9,24H2,1-3H3,(H,26,28). The van der Waals surface area contributed by atoms with E-state index in [0.717, 1.165) is 0 Å². The molecule has 0 saturated carbocycles. The Labute approximate surface area is 166 Å². The predicted octanol–water partition coefficient (Wildman–Crippen LogP) is 4.04. The molecule has 2 aromatic carbocycles. The van der Waals surface area contributed by atoms with Gasteiger partial charge in [-0.15, -0.1) is 0 Å². The first kappa shape index (κ1) is 20.2. The van der Waals surface area contributed by atoms with Gasteiger partial charge in [-0.2, -0.15) is 0 Å². The average molecular weight is 407 g/mol. The summed E-state index contributed by atoms with van der Waals surface area (Å²) in [5.41, 5.74) is 7.01. The number of benzene rings is 2. The van der Waals surface area contributed by atoms with Crippen molar-refractivity contribution in [3.05, 3.63) is 64.4 Å². The summed E-state index contributed by atoms with van der Waals surface area (Å²) in [5, 5.41) is 2.71. The number of nitrogens with zero attached hydrogens (tertiary/aromatic N) is 2. The third kappa shape index (κ3) is 4.00. The number of halogens is 3. The highest BCUT2D eigenvalue weighted by Gasteiger charge is 2.21. The van der Waals surface area contributed by atoms with Crippen LogP contribution in [0, 0.1) is 11.6 Å². The number of aromatic nitrogens is 2. The minimum atomic E-state index is -0.799. The molecule has 148 valence electrons. The highest BCUT2D eigenvalue weighted by Crippen LogP contribution is 2.26. The lowest BCUT2D eigenvalue weighted by Crippen LogP contribution is -2.31. The first-order valence-corrected chi connectivity index (χ1v) is 9.12. The van der Waals surface area contributed by atoms with Gasteiger partial charge in [-0.25, -0.2) is 13.8 Å². The average Bonchev–Trinajstić information content (AvgIpc) is 3.00. The Morgan fingerprint density at radius 3 is 2.64 bits per heavy atom. The van der Waals surface area contributed by atoms with Crippen molar-refractivity contribution in [2.45, 2.75) is 38.9 Å². The SMILES string of the molecule is CC(NC(=O)Cn1cnc2ccc(F)c(Cl)c21)c1ccc(C(C)(C)N)c(F)c1. The van der Waals surface area contributed by atoms with Gasteiger partial charge in [-0.1, -0.05) is 23.7 Å². The molecule has 3 rings (SSSR count). The van der Waals surface area contributed by atoms with Crippen LogP contribution in [0.1, 0.15) is 37.9 Å². The van der Waals surface area contributed by atoms with E-state index in [2.05, 4.69) is 10.3 Å². The van der Waals surface area contributed by atoms with Gasteiger partial charge >= 0.3 is 0 Å². The van der Waals surface area contributed by atoms with Crippen molar-refractivity contribution in [3.8, 4) is 0 Å². The van der Waals surface area contributed by atoms with E-state index < -0.39 is 23.2 Å². The molecule has 0 aliphatic carbocycles. The number of rotatable bonds is 5. The topological polar surface area (TPSA) is 72.9 Å². The molecule has 0 fully saturated rings. The number of fused-ring (bicyclic) bond motifs is 1. The number of carbonyl (C=O) groups is 1. The summed E-state index contributed by atoms with van der Waals surface area (Å²) in [5.74, 6) is -1.34. The van der Waals surface area contributed by atoms with Crippen molar-refractivity contribution < 1.29 is 13.6 Å². The number of nitrogens with two attached hydrogens (primary N) is 1. The number of amides is 1. The minimum absolute atomic E-state index is 0.0853. The smallest absolute Gasteiger partial charge is 0.240 e. The summed E-state index contributed by atoms with van der Waals surface area (Å²) in [6.45, 7) is 5.10. The van der Waals surface area contributed by atoms with E-state index in [-0.39, 0.29) is 17.5 Å². The van der Waals surface area contributed by atoms with Crippen LogP contribution in [0.3, 0.4) is 0 Å². The number of hydrogen-bond donors (Lipinski definition) is 2. The molecule has 0 aliphatic heterocycles. The Morgan fingerprint density at radius 1 is 1.29 bits per heavy atom. The Hall–Kier alpha value is -2.51. The maximum absolute atomic E-state index is 14.4. The molecule has 3 aromatic rings. The Morgan fingerprint density at radius 2 is 2.00 bits per heavy atom. The molecular weight excluding hydrogens is 386 g/mol. The molecule has 8 heteroatoms. The molecule has 5 nitrogen and oxygen atoms in total. The van der Waals surface area contributed by atoms with Gasteiger partial charge in [0.05, 0.1) is 23.4 Å². The Kier molecular flexibility index (Phi) is 5.41. The van der Waals surface area contributed by atoms with Crippen molar-refractivity contribution in [1.82, 2.24) is 14.9 Å². The second-order valence-corrected chi connectivity index (χ2v) is 7.73. The largest absolute Gasteiger partial charge is 0.348 e. The van der Waals surface area contributed by atoms with Crippen LogP contribution < -0.4 is 11.1 Å². The van der Waals surface area contributed by atoms with Gasteiger partial charge in [0.2, 0.25) is 5.91 Å². The quantitative estimate of drug-likeness (QED) is 0.671. The summed E-state index contributed by atoms with van der Waals surface area (Å²) in [4.78, 5) is 16.6. The normalized spacial score (nSPS) is 13.0. The van der Waals surface area contributed by atoms with Gasteiger partial charge in [0.25, 0.3) is 0 Å². The van der Waals surface area contributed by atoms with Crippen molar-refractivity contribution in [3.63, 3.8) is 0 Å². The molecule has 0 bridgehead atoms. The number of carbonyl (C=O) groups excluding carboxylic acids is 1. The lowest BCUT2D eigenvalue weighted by molar-refractivity contribution is -0.122. The molecule has 1 aromatic heterocycles. The monoisotopic (exact) mass is 406 g/mol. The third-order valence-corrected chi connectivity index (χ3v) is 4.91. The molecular formula is C20H21ClF2N4O. The van der Waals surface area contributed by atoms with Crippen LogP contribution in [0.15, 0.2) is 36.7 Å². The Bertz CT molecular complexity index is 1040. The zero-order valence-corrected chi connectivity index (χ0v) is 16.5. The van der Waals surface area contributed by atoms with Gasteiger partial charge in [-0.3, -0.25) is 4.79 Å². The van der Waals surface area contributed by atoms with E-state index in [1.54, 1.807) is 32.9 Å². The zero-order valence-electron chi connectivity index (χ0n) is 15.8. The molecule has 1 unspecified atom stereocenters. The number of hydrogen-bond acceptors (Lipinski definition) is 3. The van der Waals surface area contributed by atoms with E-state index >= 15 is 0 Å². The molecule has 0 aliphatic rings. The number of imidazole rings is 1. The lowest BCUT2D eigenvalue weighted by atomic mass is 9.93. The number of nitrogens with one attached hydrogen (secondary N) is 1. The summed E-state index contributed by atoms with van der Waals surface area (Å²) in [6.07, 6.45) is 1.43. The summed E-state index contributed by atoms with van der Waals surface area (Å²) < 4.78 is 29.5. The van der Waals surface area contributed by atoms with Crippen LogP contribution in [-0.4, -0.2) is 15.5 Å². The maximum atomic E-state index is 14.4. The van der Waals surface area contributed by atoms with E-state index in [1.807, 2.05) is 0 Å². The first-order valence-electron chi connectivity index (χ1n) is 8.75. The van der Waals surface area contributed by atoms with Gasteiger partial charge in [-0.05, 0) is 44.5 Å². The van der Waals surface area contributed by atoms with Crippen LogP contribution in [0.4, 0.5) is 8.78 Å². The van der Waals surface area contributed by atoms with Crippen LogP contribution in [0.5, 0.6) is 0 Å². The first-order chi connectivity index (χ1) is 13.1. The van der Waals surface area contributed by atoms with E-state index in [1.165, 1.54) is 29.1 Å². The fraction of sp³-hybridized carbons (Fsp3) is 0.300. The van der Waals surface area contributed by atoms with Gasteiger partial charge in [0, 0.05) is 11.1 Å². The fourth-order valence-corrected chi connectivity index (χ4v) is 3.33. The fourth-order valence-electron chi connectivity index (χ4n) is 3.07. The van der Waals surface area contributed by atoms with E-state index in [0.29, 0.717) is 22.2 Å². The minimum Gasteiger partial charge on any atom is -0.348 e. The molecule has 1 heterocycles. The highest BCUT2D eigenvalue weighted by atomic mass is 35.5. The third-order valence-electron chi connectivity index (χ3n) is 4.55. The molecule has 0 radical (unpaired) electrons. The lowest BCUT2D eigenvalue weighted by Gasteiger charge is -2.22. The van der Waals surface area contributed by atoms with Crippen molar-refractivity contribution in [2.24, 2.45) is 5.73 Å². The summed E-state index contributed by atoms with van der Waals surface area (Å²) in [7, 11) is 0. The maximum Gasteiger partial charge on any atom is 0.240 e. The summed E-state index contributed by atoms with van der Waals surface area (Å²) >= 11 is 6.01. The second-order valence-electron chi connectivity index (χ2n) is 7.35. The van der Waals surface area contributed by atoms with E-state index in [4.69, 9.17) is 17.3 Å². The highest BCUT2D eigenvalue weighted by molar-refractivity contribution is 6.35. The molecule has 1 amide bonds. The Balaban J connectivity index is 1.75. The van der Waals surface area contributed by atoms with Crippen LogP contribution in [0.2, 0.25) is 5.02 Å². The zero-order chi connectivity index (χ0) is 20.6. The van der Waals surface area contributed by atoms with Crippen LogP contribution in [-0.2, 0) is 16.9 Å². The molecule has 0 spiro atoms. The molecule has 28 heavy (non-hydrogen) atoms. The summed E-state index contributed by atoms with van der Waals surface area (Å²) in [6, 6.07) is 7.02.